The van der Waals surface area contributed by atoms with Gasteiger partial charge >= 0.3 is 0 Å². The van der Waals surface area contributed by atoms with Crippen molar-refractivity contribution in [2.24, 2.45) is 11.8 Å². The van der Waals surface area contributed by atoms with Crippen molar-refractivity contribution in [2.45, 2.75) is 110 Å². The van der Waals surface area contributed by atoms with Crippen LogP contribution in [-0.4, -0.2) is 6.61 Å². The summed E-state index contributed by atoms with van der Waals surface area (Å²) in [7, 11) is 0. The summed E-state index contributed by atoms with van der Waals surface area (Å²) in [5.74, 6) is 3.33. The molecule has 0 N–H and O–H groups in total. The van der Waals surface area contributed by atoms with E-state index in [2.05, 4.69) is 69.3 Å². The number of unbranched alkanes of at least 4 members (excludes halogenated alkanes) is 6. The first-order valence-corrected chi connectivity index (χ1v) is 14.0. The van der Waals surface area contributed by atoms with Crippen molar-refractivity contribution in [3.63, 3.8) is 0 Å². The van der Waals surface area contributed by atoms with E-state index in [-0.39, 0.29) is 0 Å². The van der Waals surface area contributed by atoms with Crippen LogP contribution in [0.15, 0.2) is 48.5 Å². The Balaban J connectivity index is 1.39. The van der Waals surface area contributed by atoms with Gasteiger partial charge in [-0.3, -0.25) is 0 Å². The molecule has 0 aromatic heterocycles. The fourth-order valence-electron chi connectivity index (χ4n) is 5.22. The van der Waals surface area contributed by atoms with Crippen LogP contribution in [0.3, 0.4) is 0 Å². The van der Waals surface area contributed by atoms with E-state index in [1.54, 1.807) is 5.56 Å². The smallest absolute Gasteiger partial charge is 0.119 e. The van der Waals surface area contributed by atoms with E-state index in [0.717, 1.165) is 30.6 Å². The first kappa shape index (κ1) is 25.9. The summed E-state index contributed by atoms with van der Waals surface area (Å²) in [5.41, 5.74) is 4.12. The van der Waals surface area contributed by atoms with Crippen molar-refractivity contribution in [2.75, 3.05) is 6.61 Å². The predicted octanol–water partition coefficient (Wildman–Crippen LogP) is 10.2. The number of rotatable bonds is 14. The maximum atomic E-state index is 5.91. The molecule has 1 unspecified atom stereocenters. The van der Waals surface area contributed by atoms with Gasteiger partial charge in [-0.1, -0.05) is 115 Å². The predicted molar refractivity (Wildman–Crippen MR) is 144 cm³/mol. The maximum absolute atomic E-state index is 5.91. The van der Waals surface area contributed by atoms with Gasteiger partial charge in [-0.2, -0.15) is 0 Å². The quantitative estimate of drug-likeness (QED) is 0.261. The lowest BCUT2D eigenvalue weighted by atomic mass is 9.77. The highest BCUT2D eigenvalue weighted by Gasteiger charge is 2.22. The Morgan fingerprint density at radius 3 is 1.91 bits per heavy atom. The summed E-state index contributed by atoms with van der Waals surface area (Å²) >= 11 is 0. The fourth-order valence-corrected chi connectivity index (χ4v) is 5.22. The number of benzene rings is 2. The topological polar surface area (TPSA) is 9.23 Å². The molecule has 33 heavy (non-hydrogen) atoms. The van der Waals surface area contributed by atoms with E-state index >= 15 is 0 Å². The lowest BCUT2D eigenvalue weighted by molar-refractivity contribution is 0.256. The zero-order chi connectivity index (χ0) is 23.3. The van der Waals surface area contributed by atoms with Gasteiger partial charge in [-0.25, -0.2) is 0 Å². The standard InChI is InChI=1S/C32H48O/c1-4-6-7-8-9-10-11-12-27-13-15-28(16-14-27)29-17-19-30(20-18-29)31-21-23-32(24-22-31)33-25-26(3)5-2/h17-24,26-28H,4-16,25H2,1-3H3. The van der Waals surface area contributed by atoms with Gasteiger partial charge in [-0.05, 0) is 72.3 Å². The average Bonchev–Trinajstić information content (AvgIpc) is 2.87. The third kappa shape index (κ3) is 8.84. The monoisotopic (exact) mass is 448 g/mol. The van der Waals surface area contributed by atoms with Crippen LogP contribution in [0, 0.1) is 11.8 Å². The summed E-state index contributed by atoms with van der Waals surface area (Å²) in [5, 5.41) is 0. The molecule has 0 aliphatic heterocycles. The van der Waals surface area contributed by atoms with Crippen LogP contribution < -0.4 is 4.74 Å². The van der Waals surface area contributed by atoms with E-state index in [0.29, 0.717) is 5.92 Å². The molecule has 2 aromatic carbocycles. The second-order valence-corrected chi connectivity index (χ2v) is 10.6. The van der Waals surface area contributed by atoms with Crippen molar-refractivity contribution in [1.82, 2.24) is 0 Å². The molecule has 1 saturated carbocycles. The van der Waals surface area contributed by atoms with Crippen LogP contribution in [0.1, 0.15) is 116 Å². The zero-order valence-corrected chi connectivity index (χ0v) is 21.7. The normalized spacial score (nSPS) is 19.4. The van der Waals surface area contributed by atoms with Gasteiger partial charge in [0.25, 0.3) is 0 Å². The Kier molecular flexibility index (Phi) is 11.4. The van der Waals surface area contributed by atoms with Crippen LogP contribution >= 0.6 is 0 Å². The van der Waals surface area contributed by atoms with Crippen LogP contribution in [0.25, 0.3) is 11.1 Å². The van der Waals surface area contributed by atoms with Gasteiger partial charge < -0.3 is 4.74 Å². The molecule has 1 nitrogen and oxygen atoms in total. The Labute approximate surface area is 204 Å². The van der Waals surface area contributed by atoms with Gasteiger partial charge in [0.1, 0.15) is 5.75 Å². The zero-order valence-electron chi connectivity index (χ0n) is 21.7. The Hall–Kier alpha value is -1.76. The third-order valence-electron chi connectivity index (χ3n) is 7.86. The summed E-state index contributed by atoms with van der Waals surface area (Å²) in [6, 6.07) is 18.0. The van der Waals surface area contributed by atoms with E-state index in [1.165, 1.54) is 88.2 Å². The molecular weight excluding hydrogens is 400 g/mol. The Morgan fingerprint density at radius 1 is 0.727 bits per heavy atom. The molecule has 1 fully saturated rings. The van der Waals surface area contributed by atoms with Crippen molar-refractivity contribution in [3.05, 3.63) is 54.1 Å². The molecule has 1 aliphatic carbocycles. The SMILES string of the molecule is CCCCCCCCCC1CCC(c2ccc(-c3ccc(OCC(C)CC)cc3)cc2)CC1. The molecule has 0 amide bonds. The molecule has 0 radical (unpaired) electrons. The molecule has 2 aromatic rings. The summed E-state index contributed by atoms with van der Waals surface area (Å²) in [6.45, 7) is 7.54. The first-order chi connectivity index (χ1) is 16.2. The van der Waals surface area contributed by atoms with Gasteiger partial charge in [0.15, 0.2) is 0 Å². The van der Waals surface area contributed by atoms with Gasteiger partial charge in [0, 0.05) is 0 Å². The minimum Gasteiger partial charge on any atom is -0.493 e. The van der Waals surface area contributed by atoms with E-state index in [9.17, 15) is 0 Å². The van der Waals surface area contributed by atoms with Gasteiger partial charge in [0.05, 0.1) is 6.61 Å². The van der Waals surface area contributed by atoms with Crippen molar-refractivity contribution in [1.29, 1.82) is 0 Å². The van der Waals surface area contributed by atoms with E-state index in [4.69, 9.17) is 4.74 Å². The van der Waals surface area contributed by atoms with Crippen LogP contribution in [0.5, 0.6) is 5.75 Å². The molecule has 0 bridgehead atoms. The lowest BCUT2D eigenvalue weighted by Gasteiger charge is -2.29. The molecule has 0 saturated heterocycles. The molecule has 1 aliphatic rings. The molecule has 1 heteroatoms. The molecule has 182 valence electrons. The van der Waals surface area contributed by atoms with Crippen LogP contribution in [-0.2, 0) is 0 Å². The lowest BCUT2D eigenvalue weighted by Crippen LogP contribution is -2.13. The third-order valence-corrected chi connectivity index (χ3v) is 7.86. The number of ether oxygens (including phenoxy) is 1. The van der Waals surface area contributed by atoms with Crippen molar-refractivity contribution in [3.8, 4) is 16.9 Å². The molecule has 1 atom stereocenters. The fraction of sp³-hybridized carbons (Fsp3) is 0.625. The molecule has 0 heterocycles. The largest absolute Gasteiger partial charge is 0.493 e. The summed E-state index contributed by atoms with van der Waals surface area (Å²) < 4.78 is 5.91. The van der Waals surface area contributed by atoms with Crippen LogP contribution in [0.2, 0.25) is 0 Å². The number of hydrogen-bond acceptors (Lipinski definition) is 1. The van der Waals surface area contributed by atoms with Crippen molar-refractivity contribution >= 4 is 0 Å². The van der Waals surface area contributed by atoms with Crippen LogP contribution in [0.4, 0.5) is 0 Å². The highest BCUT2D eigenvalue weighted by Crippen LogP contribution is 2.38. The van der Waals surface area contributed by atoms with Gasteiger partial charge in [0.2, 0.25) is 0 Å². The molecule has 3 rings (SSSR count). The minimum absolute atomic E-state index is 0.604. The molecule has 0 spiro atoms. The highest BCUT2D eigenvalue weighted by atomic mass is 16.5. The number of hydrogen-bond donors (Lipinski definition) is 0. The molecular formula is C32H48O. The van der Waals surface area contributed by atoms with Crippen molar-refractivity contribution < 1.29 is 4.74 Å². The Bertz CT molecular complexity index is 752. The van der Waals surface area contributed by atoms with Gasteiger partial charge in [-0.15, -0.1) is 0 Å². The second-order valence-electron chi connectivity index (χ2n) is 10.6. The maximum Gasteiger partial charge on any atom is 0.119 e. The highest BCUT2D eigenvalue weighted by molar-refractivity contribution is 5.64. The van der Waals surface area contributed by atoms with E-state index < -0.39 is 0 Å². The Morgan fingerprint density at radius 2 is 1.30 bits per heavy atom. The summed E-state index contributed by atoms with van der Waals surface area (Å²) in [6.07, 6.45) is 18.3. The average molecular weight is 449 g/mol. The second kappa shape index (κ2) is 14.5. The minimum atomic E-state index is 0.604. The summed E-state index contributed by atoms with van der Waals surface area (Å²) in [4.78, 5) is 0. The van der Waals surface area contributed by atoms with E-state index in [1.807, 2.05) is 0 Å². The first-order valence-electron chi connectivity index (χ1n) is 14.0.